The molecule has 0 saturated heterocycles. The Kier molecular flexibility index (Phi) is 6.88. The largest absolute Gasteiger partial charge is 0.462 e. The van der Waals surface area contributed by atoms with Gasteiger partial charge in [-0.25, -0.2) is 4.39 Å². The zero-order chi connectivity index (χ0) is 24.5. The van der Waals surface area contributed by atoms with Crippen LogP contribution in [0.5, 0.6) is 0 Å². The van der Waals surface area contributed by atoms with Crippen molar-refractivity contribution < 1.29 is 18.7 Å². The number of rotatable bonds is 4. The number of ether oxygens (including phenoxy) is 1. The highest BCUT2D eigenvalue weighted by Gasteiger charge is 2.45. The molecule has 2 aliphatic carbocycles. The Hall–Kier alpha value is -2.79. The molecule has 0 spiro atoms. The van der Waals surface area contributed by atoms with Crippen molar-refractivity contribution in [3.63, 3.8) is 0 Å². The average molecular weight is 494 g/mol. The van der Waals surface area contributed by atoms with Gasteiger partial charge < -0.3 is 4.74 Å². The molecular weight excluding hydrogens is 465 g/mol. The van der Waals surface area contributed by atoms with Crippen LogP contribution in [0.3, 0.4) is 0 Å². The third kappa shape index (κ3) is 4.97. The lowest BCUT2D eigenvalue weighted by molar-refractivity contribution is -0.153. The second-order valence-electron chi connectivity index (χ2n) is 9.90. The first-order valence-electron chi connectivity index (χ1n) is 12.4. The molecule has 0 bridgehead atoms. The number of esters is 1. The molecule has 1 fully saturated rings. The first-order valence-corrected chi connectivity index (χ1v) is 12.8. The first-order chi connectivity index (χ1) is 16.9. The molecule has 2 aromatic carbocycles. The Morgan fingerprint density at radius 2 is 1.63 bits per heavy atom. The van der Waals surface area contributed by atoms with E-state index in [-0.39, 0.29) is 29.6 Å². The van der Waals surface area contributed by atoms with Gasteiger partial charge in [-0.2, -0.15) is 0 Å². The normalized spacial score (nSPS) is 25.2. The number of hydrogen-bond acceptors (Lipinski definition) is 4. The number of carbonyl (C=O) groups is 2. The van der Waals surface area contributed by atoms with Crippen molar-refractivity contribution in [2.24, 2.45) is 10.9 Å². The zero-order valence-electron chi connectivity index (χ0n) is 19.8. The summed E-state index contributed by atoms with van der Waals surface area (Å²) >= 11 is 6.05. The predicted octanol–water partition coefficient (Wildman–Crippen LogP) is 6.93. The number of carbonyl (C=O) groups excluding carboxylic acids is 2. The summed E-state index contributed by atoms with van der Waals surface area (Å²) in [5.41, 5.74) is 3.70. The molecular formula is C29H29ClFNO3. The highest BCUT2D eigenvalue weighted by Crippen LogP contribution is 2.47. The van der Waals surface area contributed by atoms with Gasteiger partial charge in [-0.3, -0.25) is 14.6 Å². The van der Waals surface area contributed by atoms with E-state index in [1.807, 2.05) is 31.2 Å². The SMILES string of the molecule is CC1=NC2=C(C(=O)C[C@@H](c3ccc(Cl)cc3)C2)[C@@H](c2ccc(F)cc2)C1C(=O)OC1CCCCC1. The lowest BCUT2D eigenvalue weighted by Crippen LogP contribution is -2.39. The van der Waals surface area contributed by atoms with E-state index in [1.165, 1.54) is 12.1 Å². The molecule has 3 atom stereocenters. The van der Waals surface area contributed by atoms with Crippen LogP contribution in [0.1, 0.15) is 74.8 Å². The lowest BCUT2D eigenvalue weighted by Gasteiger charge is -2.37. The predicted molar refractivity (Wildman–Crippen MR) is 134 cm³/mol. The van der Waals surface area contributed by atoms with Gasteiger partial charge in [-0.05, 0) is 80.3 Å². The minimum Gasteiger partial charge on any atom is -0.462 e. The Morgan fingerprint density at radius 3 is 2.31 bits per heavy atom. The van der Waals surface area contributed by atoms with Crippen LogP contribution in [-0.4, -0.2) is 23.6 Å². The summed E-state index contributed by atoms with van der Waals surface area (Å²) in [6, 6.07) is 13.7. The molecule has 1 heterocycles. The van der Waals surface area contributed by atoms with E-state index in [2.05, 4.69) is 0 Å². The lowest BCUT2D eigenvalue weighted by atomic mass is 9.69. The molecule has 6 heteroatoms. The summed E-state index contributed by atoms with van der Waals surface area (Å²) in [5, 5.41) is 0.651. The van der Waals surface area contributed by atoms with Crippen LogP contribution in [-0.2, 0) is 14.3 Å². The standard InChI is InChI=1S/C29H29ClFNO3/c1-17-26(29(34)35-23-5-3-2-4-6-23)27(19-9-13-22(31)14-10-19)28-24(32-17)15-20(16-25(28)33)18-7-11-21(30)12-8-18/h7-14,20,23,26-27H,2-6,15-16H2,1H3/t20-,26?,27-/m0/s1. The van der Waals surface area contributed by atoms with Crippen molar-refractivity contribution in [3.8, 4) is 0 Å². The summed E-state index contributed by atoms with van der Waals surface area (Å²) in [7, 11) is 0. The molecule has 2 aromatic rings. The van der Waals surface area contributed by atoms with Crippen molar-refractivity contribution in [2.75, 3.05) is 0 Å². The maximum absolute atomic E-state index is 13.8. The number of aliphatic imine (C=N–C) groups is 1. The summed E-state index contributed by atoms with van der Waals surface area (Å²) in [6.45, 7) is 1.84. The topological polar surface area (TPSA) is 55.7 Å². The van der Waals surface area contributed by atoms with Crippen LogP contribution in [0.25, 0.3) is 0 Å². The molecule has 0 amide bonds. The number of nitrogens with zero attached hydrogens (tertiary/aromatic N) is 1. The summed E-state index contributed by atoms with van der Waals surface area (Å²) in [4.78, 5) is 31.9. The van der Waals surface area contributed by atoms with Gasteiger partial charge >= 0.3 is 5.97 Å². The molecule has 0 aromatic heterocycles. The third-order valence-corrected chi connectivity index (χ3v) is 7.80. The number of Topliss-reactive ketones (excluding diaryl/α,β-unsaturated/α-hetero) is 1. The van der Waals surface area contributed by atoms with Crippen molar-refractivity contribution in [1.82, 2.24) is 0 Å². The van der Waals surface area contributed by atoms with E-state index < -0.39 is 11.8 Å². The number of hydrogen-bond donors (Lipinski definition) is 0. The van der Waals surface area contributed by atoms with Gasteiger partial charge in [0.15, 0.2) is 5.78 Å². The maximum Gasteiger partial charge on any atom is 0.315 e. The highest BCUT2D eigenvalue weighted by molar-refractivity contribution is 6.30. The van der Waals surface area contributed by atoms with Gasteiger partial charge in [0.25, 0.3) is 0 Å². The third-order valence-electron chi connectivity index (χ3n) is 7.55. The van der Waals surface area contributed by atoms with Crippen LogP contribution in [0.4, 0.5) is 4.39 Å². The molecule has 1 saturated carbocycles. The van der Waals surface area contributed by atoms with Crippen LogP contribution in [0.15, 0.2) is 64.8 Å². The molecule has 0 N–H and O–H groups in total. The number of halogens is 2. The van der Waals surface area contributed by atoms with E-state index >= 15 is 0 Å². The van der Waals surface area contributed by atoms with E-state index in [9.17, 15) is 14.0 Å². The molecule has 35 heavy (non-hydrogen) atoms. The second-order valence-corrected chi connectivity index (χ2v) is 10.3. The van der Waals surface area contributed by atoms with E-state index in [4.69, 9.17) is 21.3 Å². The molecule has 3 aliphatic rings. The molecule has 4 nitrogen and oxygen atoms in total. The van der Waals surface area contributed by atoms with Crippen molar-refractivity contribution in [3.05, 3.63) is 81.8 Å². The summed E-state index contributed by atoms with van der Waals surface area (Å²) in [5.74, 6) is -1.95. The van der Waals surface area contributed by atoms with E-state index in [0.29, 0.717) is 29.1 Å². The van der Waals surface area contributed by atoms with Gasteiger partial charge in [0.1, 0.15) is 17.8 Å². The van der Waals surface area contributed by atoms with E-state index in [0.717, 1.165) is 48.9 Å². The number of ketones is 1. The quantitative estimate of drug-likeness (QED) is 0.434. The van der Waals surface area contributed by atoms with E-state index in [1.54, 1.807) is 12.1 Å². The Balaban J connectivity index is 1.51. The van der Waals surface area contributed by atoms with Crippen molar-refractivity contribution >= 4 is 29.1 Å². The first kappa shape index (κ1) is 23.9. The van der Waals surface area contributed by atoms with Crippen LogP contribution >= 0.6 is 11.6 Å². The Bertz CT molecular complexity index is 1180. The molecule has 5 rings (SSSR count). The minimum atomic E-state index is -0.697. The Labute approximate surface area is 210 Å². The van der Waals surface area contributed by atoms with Gasteiger partial charge in [0.2, 0.25) is 0 Å². The highest BCUT2D eigenvalue weighted by atomic mass is 35.5. The van der Waals surface area contributed by atoms with Gasteiger partial charge in [-0.1, -0.05) is 42.3 Å². The average Bonchev–Trinajstić information content (AvgIpc) is 2.84. The van der Waals surface area contributed by atoms with Crippen molar-refractivity contribution in [1.29, 1.82) is 0 Å². The fourth-order valence-electron chi connectivity index (χ4n) is 5.79. The summed E-state index contributed by atoms with van der Waals surface area (Å²) in [6.07, 6.45) is 5.84. The van der Waals surface area contributed by atoms with Gasteiger partial charge in [0, 0.05) is 34.3 Å². The maximum atomic E-state index is 13.8. The molecule has 182 valence electrons. The molecule has 1 aliphatic heterocycles. The number of benzene rings is 2. The number of allylic oxidation sites excluding steroid dienone is 2. The second kappa shape index (κ2) is 10.1. The smallest absolute Gasteiger partial charge is 0.315 e. The molecule has 1 unspecified atom stereocenters. The summed E-state index contributed by atoms with van der Waals surface area (Å²) < 4.78 is 19.7. The van der Waals surface area contributed by atoms with Crippen LogP contribution in [0, 0.1) is 11.7 Å². The monoisotopic (exact) mass is 493 g/mol. The fraction of sp³-hybridized carbons (Fsp3) is 0.414. The molecule has 0 radical (unpaired) electrons. The zero-order valence-corrected chi connectivity index (χ0v) is 20.6. The Morgan fingerprint density at radius 1 is 0.971 bits per heavy atom. The fourth-order valence-corrected chi connectivity index (χ4v) is 5.91. The van der Waals surface area contributed by atoms with Crippen molar-refractivity contribution in [2.45, 2.75) is 69.8 Å². The van der Waals surface area contributed by atoms with Gasteiger partial charge in [-0.15, -0.1) is 0 Å². The van der Waals surface area contributed by atoms with Crippen LogP contribution in [0.2, 0.25) is 5.02 Å². The minimum absolute atomic E-state index is 0.00493. The van der Waals surface area contributed by atoms with Gasteiger partial charge in [0.05, 0.1) is 0 Å². The van der Waals surface area contributed by atoms with Crippen LogP contribution < -0.4 is 0 Å².